The standard InChI is InChI=1S/C10H19N/c1-9(2)4-8-5-10(3,6-9)7-11-8/h8,11H,4-7H2,1-3H3/p+1. The van der Waals surface area contributed by atoms with Gasteiger partial charge in [0, 0.05) is 18.3 Å². The summed E-state index contributed by atoms with van der Waals surface area (Å²) < 4.78 is 0. The summed E-state index contributed by atoms with van der Waals surface area (Å²) in [4.78, 5) is 0. The van der Waals surface area contributed by atoms with E-state index in [1.807, 2.05) is 0 Å². The first-order chi connectivity index (χ1) is 4.99. The molecular formula is C10H20N+. The predicted molar refractivity (Wildman–Crippen MR) is 46.3 cm³/mol. The van der Waals surface area contributed by atoms with E-state index in [1.54, 1.807) is 0 Å². The maximum Gasteiger partial charge on any atom is 0.0871 e. The normalized spacial score (nSPS) is 47.7. The lowest BCUT2D eigenvalue weighted by atomic mass is 9.65. The number of nitrogens with two attached hydrogens (primary N) is 1. The molecule has 2 aliphatic rings. The molecule has 2 bridgehead atoms. The van der Waals surface area contributed by atoms with Gasteiger partial charge < -0.3 is 5.32 Å². The van der Waals surface area contributed by atoms with Gasteiger partial charge in [-0.2, -0.15) is 0 Å². The summed E-state index contributed by atoms with van der Waals surface area (Å²) >= 11 is 0. The lowest BCUT2D eigenvalue weighted by Crippen LogP contribution is -2.87. The molecule has 0 amide bonds. The van der Waals surface area contributed by atoms with Gasteiger partial charge in [-0.1, -0.05) is 20.8 Å². The minimum absolute atomic E-state index is 0.616. The highest BCUT2D eigenvalue weighted by molar-refractivity contribution is 4.93. The lowest BCUT2D eigenvalue weighted by molar-refractivity contribution is -0.673. The molecule has 1 saturated heterocycles. The van der Waals surface area contributed by atoms with Gasteiger partial charge in [0.1, 0.15) is 0 Å². The minimum atomic E-state index is 0.616. The maximum atomic E-state index is 2.56. The van der Waals surface area contributed by atoms with E-state index in [1.165, 1.54) is 25.8 Å². The van der Waals surface area contributed by atoms with Gasteiger partial charge in [-0.15, -0.1) is 0 Å². The van der Waals surface area contributed by atoms with Crippen molar-refractivity contribution >= 4 is 0 Å². The highest BCUT2D eigenvalue weighted by Crippen LogP contribution is 2.46. The molecule has 2 unspecified atom stereocenters. The molecule has 2 N–H and O–H groups in total. The Morgan fingerprint density at radius 2 is 1.91 bits per heavy atom. The average Bonchev–Trinajstić information content (AvgIpc) is 2.03. The summed E-state index contributed by atoms with van der Waals surface area (Å²) in [5, 5.41) is 2.56. The van der Waals surface area contributed by atoms with Crippen molar-refractivity contribution in [1.29, 1.82) is 0 Å². The minimum Gasteiger partial charge on any atom is -0.343 e. The Hall–Kier alpha value is -0.0400. The summed E-state index contributed by atoms with van der Waals surface area (Å²) in [6, 6.07) is 0.948. The van der Waals surface area contributed by atoms with E-state index in [2.05, 4.69) is 26.1 Å². The van der Waals surface area contributed by atoms with Crippen LogP contribution in [0.15, 0.2) is 0 Å². The van der Waals surface area contributed by atoms with Gasteiger partial charge in [0.25, 0.3) is 0 Å². The molecule has 1 aliphatic heterocycles. The zero-order valence-corrected chi connectivity index (χ0v) is 7.98. The summed E-state index contributed by atoms with van der Waals surface area (Å²) in [5.41, 5.74) is 1.29. The van der Waals surface area contributed by atoms with Crippen LogP contribution >= 0.6 is 0 Å². The molecule has 2 atom stereocenters. The second-order valence-electron chi connectivity index (χ2n) is 5.76. The Bertz CT molecular complexity index is 174. The molecule has 1 heterocycles. The first-order valence-electron chi connectivity index (χ1n) is 4.83. The summed E-state index contributed by atoms with van der Waals surface area (Å²) in [6.07, 6.45) is 4.34. The van der Waals surface area contributed by atoms with E-state index < -0.39 is 0 Å². The molecular weight excluding hydrogens is 134 g/mol. The molecule has 1 saturated carbocycles. The van der Waals surface area contributed by atoms with Crippen molar-refractivity contribution in [2.45, 2.75) is 46.1 Å². The Balaban J connectivity index is 2.19. The second-order valence-corrected chi connectivity index (χ2v) is 5.76. The van der Waals surface area contributed by atoms with Crippen LogP contribution in [-0.2, 0) is 0 Å². The fraction of sp³-hybridized carbons (Fsp3) is 1.00. The largest absolute Gasteiger partial charge is 0.343 e. The Morgan fingerprint density at radius 1 is 1.18 bits per heavy atom. The number of quaternary nitrogens is 1. The summed E-state index contributed by atoms with van der Waals surface area (Å²) in [5.74, 6) is 0. The van der Waals surface area contributed by atoms with Gasteiger partial charge >= 0.3 is 0 Å². The van der Waals surface area contributed by atoms with Crippen molar-refractivity contribution in [2.75, 3.05) is 6.54 Å². The Kier molecular flexibility index (Phi) is 1.39. The SMILES string of the molecule is CC1(C)CC2CC(C)(C[NH2+]2)C1. The average molecular weight is 154 g/mol. The van der Waals surface area contributed by atoms with Crippen molar-refractivity contribution in [1.82, 2.24) is 0 Å². The molecule has 0 aromatic heterocycles. The van der Waals surface area contributed by atoms with Crippen LogP contribution in [0.2, 0.25) is 0 Å². The zero-order valence-electron chi connectivity index (χ0n) is 7.98. The number of hydrogen-bond donors (Lipinski definition) is 1. The third-order valence-electron chi connectivity index (χ3n) is 3.42. The summed E-state index contributed by atoms with van der Waals surface area (Å²) in [6.45, 7) is 8.69. The predicted octanol–water partition coefficient (Wildman–Crippen LogP) is 1.15. The van der Waals surface area contributed by atoms with Gasteiger partial charge in [-0.3, -0.25) is 0 Å². The molecule has 1 aliphatic carbocycles. The molecule has 2 fully saturated rings. The van der Waals surface area contributed by atoms with Crippen LogP contribution in [0.4, 0.5) is 0 Å². The fourth-order valence-electron chi connectivity index (χ4n) is 3.49. The van der Waals surface area contributed by atoms with E-state index in [0.717, 1.165) is 6.04 Å². The topological polar surface area (TPSA) is 16.6 Å². The van der Waals surface area contributed by atoms with Gasteiger partial charge in [0.05, 0.1) is 12.6 Å². The first kappa shape index (κ1) is 7.60. The quantitative estimate of drug-likeness (QED) is 0.539. The van der Waals surface area contributed by atoms with E-state index in [0.29, 0.717) is 10.8 Å². The molecule has 2 rings (SSSR count). The van der Waals surface area contributed by atoms with Crippen LogP contribution in [-0.4, -0.2) is 12.6 Å². The van der Waals surface area contributed by atoms with Gasteiger partial charge in [0.15, 0.2) is 0 Å². The molecule has 1 heteroatoms. The van der Waals surface area contributed by atoms with Crippen molar-refractivity contribution in [3.05, 3.63) is 0 Å². The molecule has 0 radical (unpaired) electrons. The van der Waals surface area contributed by atoms with Gasteiger partial charge in [0.2, 0.25) is 0 Å². The third kappa shape index (κ3) is 1.31. The number of hydrogen-bond acceptors (Lipinski definition) is 0. The van der Waals surface area contributed by atoms with Gasteiger partial charge in [-0.05, 0) is 11.8 Å². The zero-order chi connectivity index (χ0) is 8.11. The monoisotopic (exact) mass is 154 g/mol. The van der Waals surface area contributed by atoms with Crippen LogP contribution in [0, 0.1) is 10.8 Å². The van der Waals surface area contributed by atoms with Crippen LogP contribution in [0.1, 0.15) is 40.0 Å². The highest BCUT2D eigenvalue weighted by atomic mass is 15.0. The van der Waals surface area contributed by atoms with Crippen molar-refractivity contribution < 1.29 is 5.32 Å². The smallest absolute Gasteiger partial charge is 0.0871 e. The highest BCUT2D eigenvalue weighted by Gasteiger charge is 2.48. The number of rotatable bonds is 0. The lowest BCUT2D eigenvalue weighted by Gasteiger charge is -2.37. The first-order valence-corrected chi connectivity index (χ1v) is 4.83. The molecule has 0 aromatic carbocycles. The maximum absolute atomic E-state index is 2.56. The van der Waals surface area contributed by atoms with Crippen LogP contribution in [0.25, 0.3) is 0 Å². The van der Waals surface area contributed by atoms with Crippen LogP contribution in [0.5, 0.6) is 0 Å². The van der Waals surface area contributed by atoms with E-state index in [-0.39, 0.29) is 0 Å². The van der Waals surface area contributed by atoms with Crippen molar-refractivity contribution in [2.24, 2.45) is 10.8 Å². The van der Waals surface area contributed by atoms with E-state index >= 15 is 0 Å². The van der Waals surface area contributed by atoms with Crippen LogP contribution in [0.3, 0.4) is 0 Å². The van der Waals surface area contributed by atoms with Crippen LogP contribution < -0.4 is 5.32 Å². The third-order valence-corrected chi connectivity index (χ3v) is 3.42. The van der Waals surface area contributed by atoms with Crippen molar-refractivity contribution in [3.63, 3.8) is 0 Å². The molecule has 0 aromatic rings. The Morgan fingerprint density at radius 3 is 2.55 bits per heavy atom. The fourth-order valence-corrected chi connectivity index (χ4v) is 3.49. The molecule has 11 heavy (non-hydrogen) atoms. The molecule has 0 spiro atoms. The summed E-state index contributed by atoms with van der Waals surface area (Å²) in [7, 11) is 0. The number of fused-ring (bicyclic) bond motifs is 2. The van der Waals surface area contributed by atoms with Crippen molar-refractivity contribution in [3.8, 4) is 0 Å². The Labute approximate surface area is 69.6 Å². The van der Waals surface area contributed by atoms with E-state index in [9.17, 15) is 0 Å². The molecule has 1 nitrogen and oxygen atoms in total. The van der Waals surface area contributed by atoms with E-state index in [4.69, 9.17) is 0 Å². The second kappa shape index (κ2) is 2.01. The van der Waals surface area contributed by atoms with Gasteiger partial charge in [-0.25, -0.2) is 0 Å². The molecule has 64 valence electrons.